The lowest BCUT2D eigenvalue weighted by molar-refractivity contribution is -0.263. The third kappa shape index (κ3) is 4.15. The first-order chi connectivity index (χ1) is 17.2. The molecule has 0 amide bonds. The van der Waals surface area contributed by atoms with E-state index in [1.54, 1.807) is 30.5 Å². The topological polar surface area (TPSA) is 74.7 Å². The van der Waals surface area contributed by atoms with E-state index >= 15 is 0 Å². The van der Waals surface area contributed by atoms with Crippen LogP contribution < -0.4 is 0 Å². The number of pyridine rings is 1. The summed E-state index contributed by atoms with van der Waals surface area (Å²) >= 11 is 0. The minimum atomic E-state index is -0.736. The summed E-state index contributed by atoms with van der Waals surface area (Å²) < 4.78 is 19.3. The summed E-state index contributed by atoms with van der Waals surface area (Å²) in [6.07, 6.45) is 6.46. The molecular formula is C30H35NO5. The molecule has 2 saturated heterocycles. The lowest BCUT2D eigenvalue weighted by Crippen LogP contribution is -2.62. The van der Waals surface area contributed by atoms with Gasteiger partial charge in [0.2, 0.25) is 0 Å². The predicted molar refractivity (Wildman–Crippen MR) is 136 cm³/mol. The second-order valence-corrected chi connectivity index (χ2v) is 11.0. The van der Waals surface area contributed by atoms with Crippen molar-refractivity contribution in [3.8, 4) is 0 Å². The van der Waals surface area contributed by atoms with E-state index in [4.69, 9.17) is 14.2 Å². The van der Waals surface area contributed by atoms with Crippen molar-refractivity contribution in [2.75, 3.05) is 0 Å². The van der Waals surface area contributed by atoms with Gasteiger partial charge in [-0.3, -0.25) is 0 Å². The number of fused-ring (bicyclic) bond motifs is 4. The zero-order valence-corrected chi connectivity index (χ0v) is 21.4. The van der Waals surface area contributed by atoms with Gasteiger partial charge in [-0.25, -0.2) is 14.6 Å². The van der Waals surface area contributed by atoms with E-state index < -0.39 is 29.4 Å². The van der Waals surface area contributed by atoms with Crippen molar-refractivity contribution < 1.29 is 23.8 Å². The summed E-state index contributed by atoms with van der Waals surface area (Å²) in [6.45, 7) is 8.52. The summed E-state index contributed by atoms with van der Waals surface area (Å²) in [5.74, 6) is -0.128. The molecule has 2 bridgehead atoms. The molecule has 5 rings (SSSR count). The Morgan fingerprint density at radius 2 is 1.83 bits per heavy atom. The lowest BCUT2D eigenvalue weighted by atomic mass is 9.69. The van der Waals surface area contributed by atoms with Crippen LogP contribution in [0.15, 0.2) is 60.8 Å². The van der Waals surface area contributed by atoms with Gasteiger partial charge < -0.3 is 14.2 Å². The molecule has 6 heteroatoms. The number of rotatable bonds is 6. The summed E-state index contributed by atoms with van der Waals surface area (Å²) in [4.78, 5) is 30.3. The molecule has 3 fully saturated rings. The number of esters is 2. The van der Waals surface area contributed by atoms with E-state index in [0.717, 1.165) is 18.4 Å². The third-order valence-electron chi connectivity index (χ3n) is 8.73. The van der Waals surface area contributed by atoms with Crippen molar-refractivity contribution in [3.63, 3.8) is 0 Å². The quantitative estimate of drug-likeness (QED) is 0.395. The second-order valence-electron chi connectivity index (χ2n) is 11.0. The molecule has 1 aromatic heterocycles. The number of hydrogen-bond acceptors (Lipinski definition) is 6. The van der Waals surface area contributed by atoms with Gasteiger partial charge in [0.15, 0.2) is 0 Å². The number of benzene rings is 1. The molecule has 36 heavy (non-hydrogen) atoms. The molecule has 1 saturated carbocycles. The maximum atomic E-state index is 13.1. The number of carbonyl (C=O) groups excluding carboxylic acids is 2. The van der Waals surface area contributed by atoms with Gasteiger partial charge in [0, 0.05) is 24.6 Å². The average molecular weight is 490 g/mol. The van der Waals surface area contributed by atoms with E-state index in [1.165, 1.54) is 6.08 Å². The summed E-state index contributed by atoms with van der Waals surface area (Å²) in [5.41, 5.74) is -0.159. The smallest absolute Gasteiger partial charge is 0.357 e. The van der Waals surface area contributed by atoms with Gasteiger partial charge in [0.05, 0.1) is 0 Å². The molecule has 1 aliphatic carbocycles. The average Bonchev–Trinajstić information content (AvgIpc) is 3.39. The van der Waals surface area contributed by atoms with Gasteiger partial charge >= 0.3 is 11.9 Å². The minimum Gasteiger partial charge on any atom is -0.456 e. The number of hydrogen-bond donors (Lipinski definition) is 0. The van der Waals surface area contributed by atoms with Crippen LogP contribution in [0.25, 0.3) is 6.08 Å². The molecule has 2 unspecified atom stereocenters. The first kappa shape index (κ1) is 24.7. The molecule has 0 N–H and O–H groups in total. The maximum absolute atomic E-state index is 13.1. The number of aromatic nitrogens is 1. The fourth-order valence-corrected chi connectivity index (χ4v) is 6.81. The SMILES string of the molecule is CC(C)C12C[C@@H](OC(=O)c3ccccn3)[C@@](C)(O1)[C@@H]1CC[C@@H](C)[C@H]1C2OC(=O)/C=C/c1ccccc1. The third-order valence-corrected chi connectivity index (χ3v) is 8.73. The zero-order chi connectivity index (χ0) is 25.5. The molecule has 2 aromatic rings. The van der Waals surface area contributed by atoms with Gasteiger partial charge in [0.25, 0.3) is 0 Å². The van der Waals surface area contributed by atoms with Gasteiger partial charge in [-0.1, -0.05) is 57.2 Å². The van der Waals surface area contributed by atoms with E-state index in [0.29, 0.717) is 12.3 Å². The number of ether oxygens (including phenoxy) is 3. The molecule has 0 spiro atoms. The Morgan fingerprint density at radius 1 is 1.08 bits per heavy atom. The Hall–Kier alpha value is -2.99. The standard InChI is InChI=1S/C30H35NO5/c1-19(2)30-18-24(34-28(33)23-12-8-9-17-31-23)29(4,36-30)22-15-13-20(3)26(22)27(30)35-25(32)16-14-21-10-6-5-7-11-21/h5-12,14,16-17,19-20,22,24,26-27H,13,15,18H2,1-4H3/b16-14+/t20-,22-,24-,26-,27?,29+,30?/m1/s1. The first-order valence-electron chi connectivity index (χ1n) is 13.0. The molecule has 3 aliphatic rings. The van der Waals surface area contributed by atoms with Crippen LogP contribution >= 0.6 is 0 Å². The Morgan fingerprint density at radius 3 is 2.53 bits per heavy atom. The minimum absolute atomic E-state index is 0.0556. The molecular weight excluding hydrogens is 454 g/mol. The van der Waals surface area contributed by atoms with Gasteiger partial charge in [-0.05, 0) is 61.3 Å². The van der Waals surface area contributed by atoms with Crippen molar-refractivity contribution in [1.82, 2.24) is 4.98 Å². The van der Waals surface area contributed by atoms with Crippen LogP contribution in [0.5, 0.6) is 0 Å². The number of nitrogens with zero attached hydrogens (tertiary/aromatic N) is 1. The van der Waals surface area contributed by atoms with E-state index in [-0.39, 0.29) is 29.4 Å². The Kier molecular flexibility index (Phi) is 6.50. The van der Waals surface area contributed by atoms with Crippen LogP contribution in [-0.2, 0) is 19.0 Å². The fourth-order valence-electron chi connectivity index (χ4n) is 6.81. The molecule has 1 aromatic carbocycles. The van der Waals surface area contributed by atoms with Crippen LogP contribution in [0, 0.1) is 23.7 Å². The molecule has 7 atom stereocenters. The Balaban J connectivity index is 1.45. The second kappa shape index (κ2) is 9.47. The first-order valence-corrected chi connectivity index (χ1v) is 13.0. The Labute approximate surface area is 213 Å². The fraction of sp³-hybridized carbons (Fsp3) is 0.500. The largest absolute Gasteiger partial charge is 0.456 e. The highest BCUT2D eigenvalue weighted by atomic mass is 16.6. The van der Waals surface area contributed by atoms with Gasteiger partial charge in [0.1, 0.15) is 29.1 Å². The Bertz CT molecular complexity index is 1130. The zero-order valence-electron chi connectivity index (χ0n) is 21.4. The summed E-state index contributed by atoms with van der Waals surface area (Å²) in [6, 6.07) is 14.9. The normalized spacial score (nSPS) is 35.1. The van der Waals surface area contributed by atoms with Crippen molar-refractivity contribution in [1.29, 1.82) is 0 Å². The van der Waals surface area contributed by atoms with Gasteiger partial charge in [-0.2, -0.15) is 0 Å². The van der Waals surface area contributed by atoms with Crippen LogP contribution in [0.2, 0.25) is 0 Å². The molecule has 3 heterocycles. The summed E-state index contributed by atoms with van der Waals surface area (Å²) in [5, 5.41) is 0. The summed E-state index contributed by atoms with van der Waals surface area (Å²) in [7, 11) is 0. The van der Waals surface area contributed by atoms with Crippen LogP contribution in [0.4, 0.5) is 0 Å². The van der Waals surface area contributed by atoms with Crippen LogP contribution in [0.1, 0.15) is 63.0 Å². The highest BCUT2D eigenvalue weighted by Crippen LogP contribution is 2.63. The van der Waals surface area contributed by atoms with Crippen molar-refractivity contribution in [3.05, 3.63) is 72.1 Å². The van der Waals surface area contributed by atoms with Crippen molar-refractivity contribution >= 4 is 18.0 Å². The van der Waals surface area contributed by atoms with Crippen molar-refractivity contribution in [2.24, 2.45) is 23.7 Å². The monoisotopic (exact) mass is 489 g/mol. The molecule has 2 aliphatic heterocycles. The van der Waals surface area contributed by atoms with Crippen LogP contribution in [0.3, 0.4) is 0 Å². The van der Waals surface area contributed by atoms with E-state index in [1.807, 2.05) is 30.3 Å². The van der Waals surface area contributed by atoms with Gasteiger partial charge in [-0.15, -0.1) is 0 Å². The lowest BCUT2D eigenvalue weighted by Gasteiger charge is -2.52. The maximum Gasteiger partial charge on any atom is 0.357 e. The molecule has 190 valence electrons. The van der Waals surface area contributed by atoms with E-state index in [2.05, 4.69) is 32.7 Å². The highest BCUT2D eigenvalue weighted by Gasteiger charge is 2.72. The highest BCUT2D eigenvalue weighted by molar-refractivity contribution is 5.88. The molecule has 6 nitrogen and oxygen atoms in total. The number of carbonyl (C=O) groups is 2. The van der Waals surface area contributed by atoms with Crippen LogP contribution in [-0.4, -0.2) is 40.3 Å². The van der Waals surface area contributed by atoms with Crippen molar-refractivity contribution in [2.45, 2.75) is 70.4 Å². The van der Waals surface area contributed by atoms with E-state index in [9.17, 15) is 9.59 Å². The molecule has 0 radical (unpaired) electrons. The predicted octanol–water partition coefficient (Wildman–Crippen LogP) is 5.48.